The molecule has 3 heteroatoms. The van der Waals surface area contributed by atoms with E-state index in [-0.39, 0.29) is 6.61 Å². The van der Waals surface area contributed by atoms with Crippen LogP contribution in [0, 0.1) is 0 Å². The van der Waals surface area contributed by atoms with Crippen molar-refractivity contribution in [2.75, 3.05) is 0 Å². The van der Waals surface area contributed by atoms with E-state index in [9.17, 15) is 0 Å². The lowest BCUT2D eigenvalue weighted by molar-refractivity contribution is 0.282. The lowest BCUT2D eigenvalue weighted by atomic mass is 9.94. The number of aliphatic hydroxyl groups excluding tert-OH is 1. The minimum absolute atomic E-state index is 0.0987. The fourth-order valence-electron chi connectivity index (χ4n) is 2.25. The summed E-state index contributed by atoms with van der Waals surface area (Å²) in [5.41, 5.74) is 4.79. The molecule has 17 heavy (non-hydrogen) atoms. The summed E-state index contributed by atoms with van der Waals surface area (Å²) in [7, 11) is 0. The summed E-state index contributed by atoms with van der Waals surface area (Å²) in [5, 5.41) is 9.15. The number of allylic oxidation sites excluding steroid dienone is 1. The molecule has 0 radical (unpaired) electrons. The van der Waals surface area contributed by atoms with Gasteiger partial charge >= 0.3 is 0 Å². The number of aromatic nitrogens is 2. The molecular formula is C14H14N2O. The number of hydrogen-bond acceptors (Lipinski definition) is 2. The molecule has 2 aromatic rings. The molecule has 0 atom stereocenters. The van der Waals surface area contributed by atoms with E-state index in [4.69, 9.17) is 5.11 Å². The maximum absolute atomic E-state index is 9.15. The molecule has 0 aliphatic heterocycles. The summed E-state index contributed by atoms with van der Waals surface area (Å²) >= 11 is 0. The van der Waals surface area contributed by atoms with Crippen LogP contribution in [0.5, 0.6) is 0 Å². The lowest BCUT2D eigenvalue weighted by Gasteiger charge is -2.17. The number of fused-ring (bicyclic) bond motifs is 1. The average molecular weight is 226 g/mol. The fourth-order valence-corrected chi connectivity index (χ4v) is 2.25. The molecule has 3 nitrogen and oxygen atoms in total. The third-order valence-corrected chi connectivity index (χ3v) is 3.20. The van der Waals surface area contributed by atoms with Gasteiger partial charge in [-0.15, -0.1) is 0 Å². The third-order valence-electron chi connectivity index (χ3n) is 3.20. The van der Waals surface area contributed by atoms with Crippen molar-refractivity contribution < 1.29 is 5.11 Å². The number of nitrogens with zero attached hydrogens (tertiary/aromatic N) is 2. The lowest BCUT2D eigenvalue weighted by Crippen LogP contribution is -2.03. The van der Waals surface area contributed by atoms with Gasteiger partial charge in [-0.1, -0.05) is 12.1 Å². The number of aliphatic hydroxyl groups is 1. The van der Waals surface area contributed by atoms with Crippen LogP contribution in [-0.2, 0) is 13.0 Å². The predicted molar refractivity (Wildman–Crippen MR) is 67.1 cm³/mol. The van der Waals surface area contributed by atoms with E-state index in [2.05, 4.69) is 27.8 Å². The van der Waals surface area contributed by atoms with Gasteiger partial charge in [-0.25, -0.2) is 4.98 Å². The predicted octanol–water partition coefficient (Wildman–Crippen LogP) is 2.32. The van der Waals surface area contributed by atoms with E-state index in [1.54, 1.807) is 6.20 Å². The smallest absolute Gasteiger partial charge is 0.0989 e. The van der Waals surface area contributed by atoms with Crippen LogP contribution in [0.25, 0.3) is 11.8 Å². The Morgan fingerprint density at radius 2 is 2.24 bits per heavy atom. The monoisotopic (exact) mass is 226 g/mol. The summed E-state index contributed by atoms with van der Waals surface area (Å²) in [6.45, 7) is 0.0987. The van der Waals surface area contributed by atoms with Gasteiger partial charge < -0.3 is 9.67 Å². The second-order valence-corrected chi connectivity index (χ2v) is 4.30. The topological polar surface area (TPSA) is 38.0 Å². The zero-order chi connectivity index (χ0) is 11.7. The molecular weight excluding hydrogens is 212 g/mol. The van der Waals surface area contributed by atoms with Crippen molar-refractivity contribution in [3.63, 3.8) is 0 Å². The Balaban J connectivity index is 2.03. The van der Waals surface area contributed by atoms with Crippen LogP contribution in [0.15, 0.2) is 36.9 Å². The molecule has 0 unspecified atom stereocenters. The first-order valence-electron chi connectivity index (χ1n) is 5.78. The van der Waals surface area contributed by atoms with E-state index in [0.717, 1.165) is 18.4 Å². The molecule has 0 bridgehead atoms. The molecule has 0 saturated heterocycles. The zero-order valence-electron chi connectivity index (χ0n) is 9.50. The Hall–Kier alpha value is -1.87. The molecule has 86 valence electrons. The second-order valence-electron chi connectivity index (χ2n) is 4.30. The van der Waals surface area contributed by atoms with E-state index in [0.29, 0.717) is 0 Å². The van der Waals surface area contributed by atoms with Gasteiger partial charge in [-0.2, -0.15) is 0 Å². The van der Waals surface area contributed by atoms with Gasteiger partial charge in [0.15, 0.2) is 0 Å². The molecule has 0 saturated carbocycles. The van der Waals surface area contributed by atoms with Crippen LogP contribution >= 0.6 is 0 Å². The van der Waals surface area contributed by atoms with Crippen LogP contribution in [-0.4, -0.2) is 14.7 Å². The van der Waals surface area contributed by atoms with Crippen molar-refractivity contribution in [3.05, 3.63) is 53.6 Å². The molecule has 1 heterocycles. The van der Waals surface area contributed by atoms with Gasteiger partial charge in [0, 0.05) is 18.1 Å². The summed E-state index contributed by atoms with van der Waals surface area (Å²) in [5.74, 6) is 0. The van der Waals surface area contributed by atoms with Crippen LogP contribution in [0.1, 0.15) is 23.1 Å². The Kier molecular flexibility index (Phi) is 2.53. The SMILES string of the molecule is OCc1ccc2c(c1)C=C(n1ccnc1)CC2. The van der Waals surface area contributed by atoms with Gasteiger partial charge in [0.25, 0.3) is 0 Å². The number of rotatable bonds is 2. The van der Waals surface area contributed by atoms with Crippen molar-refractivity contribution in [1.82, 2.24) is 9.55 Å². The Morgan fingerprint density at radius 1 is 1.29 bits per heavy atom. The molecule has 1 aliphatic carbocycles. The number of aryl methyl sites for hydroxylation is 1. The van der Waals surface area contributed by atoms with Crippen LogP contribution in [0.4, 0.5) is 0 Å². The van der Waals surface area contributed by atoms with Crippen molar-refractivity contribution in [2.24, 2.45) is 0 Å². The highest BCUT2D eigenvalue weighted by molar-refractivity contribution is 5.75. The minimum Gasteiger partial charge on any atom is -0.392 e. The number of benzene rings is 1. The molecule has 1 aromatic carbocycles. The van der Waals surface area contributed by atoms with Crippen molar-refractivity contribution in [2.45, 2.75) is 19.4 Å². The van der Waals surface area contributed by atoms with Crippen LogP contribution in [0.2, 0.25) is 0 Å². The summed E-state index contributed by atoms with van der Waals surface area (Å²) in [6.07, 6.45) is 9.84. The van der Waals surface area contributed by atoms with Crippen LogP contribution < -0.4 is 0 Å². The van der Waals surface area contributed by atoms with E-state index in [1.807, 2.05) is 18.6 Å². The van der Waals surface area contributed by atoms with Gasteiger partial charge in [0.2, 0.25) is 0 Å². The fraction of sp³-hybridized carbons (Fsp3) is 0.214. The van der Waals surface area contributed by atoms with E-state index in [1.165, 1.54) is 16.8 Å². The Labute approximate surface area is 100 Å². The maximum atomic E-state index is 9.15. The molecule has 1 aliphatic rings. The molecule has 1 N–H and O–H groups in total. The quantitative estimate of drug-likeness (QED) is 0.853. The normalized spacial score (nSPS) is 14.3. The molecule has 1 aromatic heterocycles. The van der Waals surface area contributed by atoms with Gasteiger partial charge in [0.05, 0.1) is 12.9 Å². The molecule has 0 fully saturated rings. The van der Waals surface area contributed by atoms with E-state index >= 15 is 0 Å². The highest BCUT2D eigenvalue weighted by atomic mass is 16.3. The summed E-state index contributed by atoms with van der Waals surface area (Å²) < 4.78 is 2.05. The third kappa shape index (κ3) is 1.89. The highest BCUT2D eigenvalue weighted by Gasteiger charge is 2.11. The van der Waals surface area contributed by atoms with E-state index < -0.39 is 0 Å². The van der Waals surface area contributed by atoms with Crippen LogP contribution in [0.3, 0.4) is 0 Å². The second kappa shape index (κ2) is 4.18. The first kappa shape index (κ1) is 10.3. The average Bonchev–Trinajstić information content (AvgIpc) is 2.91. The number of imidazole rings is 1. The first-order chi connectivity index (χ1) is 8.36. The minimum atomic E-state index is 0.0987. The zero-order valence-corrected chi connectivity index (χ0v) is 9.50. The standard InChI is InChI=1S/C14H14N2O/c17-9-11-1-2-12-3-4-14(8-13(12)7-11)16-6-5-15-10-16/h1-2,5-8,10,17H,3-4,9H2. The van der Waals surface area contributed by atoms with Crippen molar-refractivity contribution >= 4 is 11.8 Å². The van der Waals surface area contributed by atoms with Crippen molar-refractivity contribution in [1.29, 1.82) is 0 Å². The van der Waals surface area contributed by atoms with Gasteiger partial charge in [-0.05, 0) is 41.7 Å². The summed E-state index contributed by atoms with van der Waals surface area (Å²) in [6, 6.07) is 6.17. The Bertz CT molecular complexity index is 556. The number of hydrogen-bond donors (Lipinski definition) is 1. The van der Waals surface area contributed by atoms with Gasteiger partial charge in [0.1, 0.15) is 0 Å². The highest BCUT2D eigenvalue weighted by Crippen LogP contribution is 2.27. The largest absolute Gasteiger partial charge is 0.392 e. The maximum Gasteiger partial charge on any atom is 0.0989 e. The first-order valence-corrected chi connectivity index (χ1v) is 5.78. The summed E-state index contributed by atoms with van der Waals surface area (Å²) in [4.78, 5) is 4.07. The molecule has 0 amide bonds. The van der Waals surface area contributed by atoms with Gasteiger partial charge in [-0.3, -0.25) is 0 Å². The molecule has 3 rings (SSSR count). The van der Waals surface area contributed by atoms with Crippen molar-refractivity contribution in [3.8, 4) is 0 Å². The Morgan fingerprint density at radius 3 is 3.00 bits per heavy atom. The molecule has 0 spiro atoms.